The van der Waals surface area contributed by atoms with Crippen LogP contribution >= 0.6 is 0 Å². The van der Waals surface area contributed by atoms with Crippen molar-refractivity contribution in [3.63, 3.8) is 0 Å². The molecule has 2 aromatic rings. The van der Waals surface area contributed by atoms with Crippen molar-refractivity contribution in [3.8, 4) is 5.75 Å². The number of carbonyl (C=O) groups excluding carboxylic acids is 1. The van der Waals surface area contributed by atoms with Crippen LogP contribution in [0.5, 0.6) is 5.75 Å². The lowest BCUT2D eigenvalue weighted by atomic mass is 9.77. The van der Waals surface area contributed by atoms with Gasteiger partial charge in [-0.05, 0) is 73.4 Å². The Hall–Kier alpha value is -2.43. The summed E-state index contributed by atoms with van der Waals surface area (Å²) in [4.78, 5) is 12.2. The Bertz CT molecular complexity index is 753. The molecule has 1 aliphatic rings. The molecule has 0 spiro atoms. The summed E-state index contributed by atoms with van der Waals surface area (Å²) >= 11 is 0. The molecule has 138 valence electrons. The molecule has 1 saturated carbocycles. The van der Waals surface area contributed by atoms with Gasteiger partial charge >= 0.3 is 0 Å². The van der Waals surface area contributed by atoms with Crippen molar-refractivity contribution >= 4 is 11.6 Å². The maximum absolute atomic E-state index is 14.2. The van der Waals surface area contributed by atoms with Crippen molar-refractivity contribution in [1.29, 1.82) is 0 Å². The van der Waals surface area contributed by atoms with Crippen LogP contribution in [-0.2, 0) is 4.79 Å². The molecule has 0 aliphatic heterocycles. The quantitative estimate of drug-likeness (QED) is 0.789. The highest BCUT2D eigenvalue weighted by Crippen LogP contribution is 2.38. The van der Waals surface area contributed by atoms with Gasteiger partial charge in [-0.2, -0.15) is 0 Å². The van der Waals surface area contributed by atoms with Gasteiger partial charge in [0.2, 0.25) is 5.91 Å². The van der Waals surface area contributed by atoms with Crippen LogP contribution in [0.2, 0.25) is 0 Å². The van der Waals surface area contributed by atoms with Gasteiger partial charge in [-0.15, -0.1) is 0 Å². The summed E-state index contributed by atoms with van der Waals surface area (Å²) in [7, 11) is 1.52. The predicted octanol–water partition coefficient (Wildman–Crippen LogP) is 5.28. The van der Waals surface area contributed by atoms with Gasteiger partial charge in [0.15, 0.2) is 0 Å². The number of benzene rings is 2. The molecule has 0 radical (unpaired) electrons. The standard InChI is InChI=1S/C21H23F2NO2/c1-26-18-10-11-19(20(23)13-18)15-4-2-14(3-5-15)12-21(25)24-17-8-6-16(22)7-9-17/h6-11,13-15H,2-5,12H2,1H3,(H,24,25). The number of anilines is 1. The molecule has 0 bridgehead atoms. The van der Waals surface area contributed by atoms with E-state index in [0.29, 0.717) is 23.8 Å². The number of amides is 1. The Balaban J connectivity index is 1.50. The maximum Gasteiger partial charge on any atom is 0.224 e. The summed E-state index contributed by atoms with van der Waals surface area (Å²) < 4.78 is 32.2. The van der Waals surface area contributed by atoms with Crippen LogP contribution in [-0.4, -0.2) is 13.0 Å². The zero-order chi connectivity index (χ0) is 18.5. The molecule has 5 heteroatoms. The van der Waals surface area contributed by atoms with Crippen LogP contribution in [0.25, 0.3) is 0 Å². The molecule has 0 heterocycles. The molecular formula is C21H23F2NO2. The average molecular weight is 359 g/mol. The van der Waals surface area contributed by atoms with Crippen LogP contribution < -0.4 is 10.1 Å². The predicted molar refractivity (Wildman–Crippen MR) is 97.3 cm³/mol. The summed E-state index contributed by atoms with van der Waals surface area (Å²) in [5.41, 5.74) is 1.34. The number of rotatable bonds is 5. The summed E-state index contributed by atoms with van der Waals surface area (Å²) in [6.07, 6.45) is 3.98. The van der Waals surface area contributed by atoms with Crippen LogP contribution in [0.3, 0.4) is 0 Å². The molecule has 0 aromatic heterocycles. The number of ether oxygens (including phenoxy) is 1. The van der Waals surface area contributed by atoms with Crippen molar-refractivity contribution in [1.82, 2.24) is 0 Å². The second kappa shape index (κ2) is 8.30. The smallest absolute Gasteiger partial charge is 0.224 e. The highest BCUT2D eigenvalue weighted by Gasteiger charge is 2.26. The van der Waals surface area contributed by atoms with Crippen LogP contribution in [0, 0.1) is 17.6 Å². The number of nitrogens with one attached hydrogen (secondary N) is 1. The Morgan fingerprint density at radius 3 is 2.38 bits per heavy atom. The second-order valence-electron chi connectivity index (χ2n) is 6.86. The van der Waals surface area contributed by atoms with E-state index in [9.17, 15) is 13.6 Å². The fourth-order valence-corrected chi connectivity index (χ4v) is 3.65. The number of hydrogen-bond donors (Lipinski definition) is 1. The number of carbonyl (C=O) groups is 1. The Kier molecular flexibility index (Phi) is 5.86. The summed E-state index contributed by atoms with van der Waals surface area (Å²) in [5, 5.41) is 2.80. The fourth-order valence-electron chi connectivity index (χ4n) is 3.65. The first-order valence-corrected chi connectivity index (χ1v) is 8.94. The van der Waals surface area contributed by atoms with Crippen molar-refractivity contribution < 1.29 is 18.3 Å². The molecule has 1 fully saturated rings. The number of methoxy groups -OCH3 is 1. The molecule has 1 amide bonds. The molecule has 1 aliphatic carbocycles. The lowest BCUT2D eigenvalue weighted by Gasteiger charge is -2.28. The van der Waals surface area contributed by atoms with E-state index in [0.717, 1.165) is 31.2 Å². The van der Waals surface area contributed by atoms with E-state index >= 15 is 0 Å². The zero-order valence-electron chi connectivity index (χ0n) is 14.8. The van der Waals surface area contributed by atoms with Gasteiger partial charge in [-0.1, -0.05) is 6.07 Å². The Morgan fingerprint density at radius 2 is 1.77 bits per heavy atom. The van der Waals surface area contributed by atoms with Gasteiger partial charge < -0.3 is 10.1 Å². The first-order valence-electron chi connectivity index (χ1n) is 8.94. The third kappa shape index (κ3) is 4.59. The first-order chi connectivity index (χ1) is 12.5. The van der Waals surface area contributed by atoms with E-state index < -0.39 is 0 Å². The summed E-state index contributed by atoms with van der Waals surface area (Å²) in [5.74, 6) is 0.410. The second-order valence-corrected chi connectivity index (χ2v) is 6.86. The van der Waals surface area contributed by atoms with Gasteiger partial charge in [0.25, 0.3) is 0 Å². The Morgan fingerprint density at radius 1 is 1.08 bits per heavy atom. The molecule has 3 nitrogen and oxygen atoms in total. The molecule has 3 rings (SSSR count). The first kappa shape index (κ1) is 18.4. The van der Waals surface area contributed by atoms with Gasteiger partial charge in [0.05, 0.1) is 7.11 Å². The van der Waals surface area contributed by atoms with Crippen molar-refractivity contribution in [2.24, 2.45) is 5.92 Å². The average Bonchev–Trinajstić information content (AvgIpc) is 2.64. The summed E-state index contributed by atoms with van der Waals surface area (Å²) in [6, 6.07) is 10.8. The lowest BCUT2D eigenvalue weighted by Crippen LogP contribution is -2.21. The van der Waals surface area contributed by atoms with E-state index in [1.807, 2.05) is 0 Å². The normalized spacial score (nSPS) is 19.8. The molecule has 0 unspecified atom stereocenters. The molecule has 2 aromatic carbocycles. The minimum atomic E-state index is -0.327. The van der Waals surface area contributed by atoms with E-state index in [-0.39, 0.29) is 23.5 Å². The lowest BCUT2D eigenvalue weighted by molar-refractivity contribution is -0.117. The SMILES string of the molecule is COc1ccc(C2CCC(CC(=O)Nc3ccc(F)cc3)CC2)c(F)c1. The molecule has 26 heavy (non-hydrogen) atoms. The van der Waals surface area contributed by atoms with E-state index in [1.54, 1.807) is 24.3 Å². The van der Waals surface area contributed by atoms with Crippen molar-refractivity contribution in [2.45, 2.75) is 38.0 Å². The fraction of sp³-hybridized carbons (Fsp3) is 0.381. The van der Waals surface area contributed by atoms with Crippen molar-refractivity contribution in [2.75, 3.05) is 12.4 Å². The van der Waals surface area contributed by atoms with E-state index in [1.165, 1.54) is 25.3 Å². The molecule has 0 atom stereocenters. The third-order valence-electron chi connectivity index (χ3n) is 5.10. The zero-order valence-corrected chi connectivity index (χ0v) is 14.8. The molecule has 1 N–H and O–H groups in total. The van der Waals surface area contributed by atoms with Crippen LogP contribution in [0.15, 0.2) is 42.5 Å². The molecular weight excluding hydrogens is 336 g/mol. The highest BCUT2D eigenvalue weighted by atomic mass is 19.1. The molecule has 0 saturated heterocycles. The third-order valence-corrected chi connectivity index (χ3v) is 5.10. The minimum absolute atomic E-state index is 0.0595. The number of hydrogen-bond acceptors (Lipinski definition) is 2. The monoisotopic (exact) mass is 359 g/mol. The highest BCUT2D eigenvalue weighted by molar-refractivity contribution is 5.90. The topological polar surface area (TPSA) is 38.3 Å². The maximum atomic E-state index is 14.2. The number of halogens is 2. The van der Waals surface area contributed by atoms with Crippen molar-refractivity contribution in [3.05, 3.63) is 59.7 Å². The largest absolute Gasteiger partial charge is 0.497 e. The van der Waals surface area contributed by atoms with E-state index in [4.69, 9.17) is 4.74 Å². The van der Waals surface area contributed by atoms with Gasteiger partial charge in [0, 0.05) is 18.2 Å². The van der Waals surface area contributed by atoms with Gasteiger partial charge in [0.1, 0.15) is 17.4 Å². The van der Waals surface area contributed by atoms with Gasteiger partial charge in [-0.3, -0.25) is 4.79 Å². The Labute approximate surface area is 152 Å². The van der Waals surface area contributed by atoms with Crippen LogP contribution in [0.1, 0.15) is 43.6 Å². The van der Waals surface area contributed by atoms with Crippen LogP contribution in [0.4, 0.5) is 14.5 Å². The van der Waals surface area contributed by atoms with E-state index in [2.05, 4.69) is 5.32 Å². The summed E-state index contributed by atoms with van der Waals surface area (Å²) in [6.45, 7) is 0. The minimum Gasteiger partial charge on any atom is -0.497 e. The van der Waals surface area contributed by atoms with Gasteiger partial charge in [-0.25, -0.2) is 8.78 Å².